The lowest BCUT2D eigenvalue weighted by Gasteiger charge is -2.25. The van der Waals surface area contributed by atoms with Crippen LogP contribution in [0.1, 0.15) is 11.1 Å². The highest BCUT2D eigenvalue weighted by Gasteiger charge is 2.10. The van der Waals surface area contributed by atoms with E-state index >= 15 is 0 Å². The molecule has 15 heavy (non-hydrogen) atoms. The van der Waals surface area contributed by atoms with Gasteiger partial charge in [-0.3, -0.25) is 0 Å². The van der Waals surface area contributed by atoms with E-state index in [0.717, 1.165) is 32.1 Å². The number of morpholine rings is 1. The minimum atomic E-state index is 0.876. The third-order valence-electron chi connectivity index (χ3n) is 2.47. The van der Waals surface area contributed by atoms with E-state index in [4.69, 9.17) is 4.74 Å². The highest BCUT2D eigenvalue weighted by Crippen LogP contribution is 2.18. The van der Waals surface area contributed by atoms with Crippen molar-refractivity contribution in [3.8, 4) is 0 Å². The van der Waals surface area contributed by atoms with Gasteiger partial charge in [-0.05, 0) is 12.5 Å². The molecule has 2 rings (SSSR count). The Morgan fingerprint density at radius 2 is 2.13 bits per heavy atom. The van der Waals surface area contributed by atoms with Crippen molar-refractivity contribution in [1.82, 2.24) is 4.31 Å². The van der Waals surface area contributed by atoms with Crippen LogP contribution < -0.4 is 0 Å². The molecule has 1 heterocycles. The Bertz CT molecular complexity index is 310. The van der Waals surface area contributed by atoms with Crippen molar-refractivity contribution in [3.05, 3.63) is 35.4 Å². The Hall–Kier alpha value is -0.510. The van der Waals surface area contributed by atoms with Crippen LogP contribution >= 0.6 is 11.9 Å². The van der Waals surface area contributed by atoms with Crippen molar-refractivity contribution in [2.45, 2.75) is 12.7 Å². The normalized spacial score (nSPS) is 17.9. The van der Waals surface area contributed by atoms with Crippen LogP contribution in [-0.4, -0.2) is 30.6 Å². The molecule has 0 amide bonds. The van der Waals surface area contributed by atoms with Crippen LogP contribution in [0, 0.1) is 6.92 Å². The highest BCUT2D eigenvalue weighted by atomic mass is 32.2. The summed E-state index contributed by atoms with van der Waals surface area (Å²) in [5.41, 5.74) is 2.75. The molecule has 0 aromatic heterocycles. The van der Waals surface area contributed by atoms with Crippen LogP contribution in [0.25, 0.3) is 0 Å². The van der Waals surface area contributed by atoms with E-state index < -0.39 is 0 Å². The molecular formula is C12H17NOS. The highest BCUT2D eigenvalue weighted by molar-refractivity contribution is 7.96. The molecule has 3 heteroatoms. The first-order valence-electron chi connectivity index (χ1n) is 5.36. The third-order valence-corrected chi connectivity index (χ3v) is 3.66. The summed E-state index contributed by atoms with van der Waals surface area (Å²) < 4.78 is 7.71. The fourth-order valence-electron chi connectivity index (χ4n) is 1.64. The number of hydrogen-bond acceptors (Lipinski definition) is 3. The third kappa shape index (κ3) is 3.52. The van der Waals surface area contributed by atoms with E-state index in [1.165, 1.54) is 11.1 Å². The van der Waals surface area contributed by atoms with E-state index in [9.17, 15) is 0 Å². The smallest absolute Gasteiger partial charge is 0.0603 e. The molecule has 2 nitrogen and oxygen atoms in total. The second-order valence-corrected chi connectivity index (χ2v) is 4.87. The first-order valence-corrected chi connectivity index (χ1v) is 6.30. The summed E-state index contributed by atoms with van der Waals surface area (Å²) in [7, 11) is 0. The topological polar surface area (TPSA) is 12.5 Å². The van der Waals surface area contributed by atoms with Gasteiger partial charge in [-0.15, -0.1) is 0 Å². The quantitative estimate of drug-likeness (QED) is 0.730. The van der Waals surface area contributed by atoms with Crippen molar-refractivity contribution in [1.29, 1.82) is 0 Å². The summed E-state index contributed by atoms with van der Waals surface area (Å²) in [6, 6.07) is 8.72. The van der Waals surface area contributed by atoms with Crippen molar-refractivity contribution >= 4 is 11.9 Å². The fraction of sp³-hybridized carbons (Fsp3) is 0.500. The van der Waals surface area contributed by atoms with Gasteiger partial charge < -0.3 is 4.74 Å². The van der Waals surface area contributed by atoms with Gasteiger partial charge in [-0.25, -0.2) is 4.31 Å². The van der Waals surface area contributed by atoms with Gasteiger partial charge >= 0.3 is 0 Å². The first kappa shape index (κ1) is 11.0. The Morgan fingerprint density at radius 1 is 1.33 bits per heavy atom. The Morgan fingerprint density at radius 3 is 2.87 bits per heavy atom. The minimum Gasteiger partial charge on any atom is -0.379 e. The molecule has 1 saturated heterocycles. The van der Waals surface area contributed by atoms with Gasteiger partial charge in [0.15, 0.2) is 0 Å². The zero-order valence-electron chi connectivity index (χ0n) is 9.11. The zero-order valence-corrected chi connectivity index (χ0v) is 9.93. The van der Waals surface area contributed by atoms with Crippen LogP contribution in [0.2, 0.25) is 0 Å². The lowest BCUT2D eigenvalue weighted by atomic mass is 10.2. The van der Waals surface area contributed by atoms with Crippen molar-refractivity contribution in [2.75, 3.05) is 26.3 Å². The average molecular weight is 223 g/mol. The molecule has 0 radical (unpaired) electrons. The van der Waals surface area contributed by atoms with E-state index in [0.29, 0.717) is 0 Å². The van der Waals surface area contributed by atoms with Crippen LogP contribution in [-0.2, 0) is 10.5 Å². The molecule has 0 aliphatic carbocycles. The lowest BCUT2D eigenvalue weighted by molar-refractivity contribution is 0.0773. The monoisotopic (exact) mass is 223 g/mol. The molecule has 0 bridgehead atoms. The largest absolute Gasteiger partial charge is 0.379 e. The van der Waals surface area contributed by atoms with Crippen LogP contribution in [0.3, 0.4) is 0 Å². The molecule has 0 saturated carbocycles. The van der Waals surface area contributed by atoms with Gasteiger partial charge in [-0.1, -0.05) is 41.8 Å². The summed E-state index contributed by atoms with van der Waals surface area (Å²) in [6.07, 6.45) is 0. The Kier molecular flexibility index (Phi) is 4.06. The zero-order chi connectivity index (χ0) is 10.5. The predicted octanol–water partition coefficient (Wildman–Crippen LogP) is 2.48. The molecule has 1 aliphatic heterocycles. The average Bonchev–Trinajstić information content (AvgIpc) is 2.28. The number of ether oxygens (including phenoxy) is 1. The molecule has 0 atom stereocenters. The van der Waals surface area contributed by atoms with Crippen LogP contribution in [0.5, 0.6) is 0 Å². The fourth-order valence-corrected chi connectivity index (χ4v) is 2.56. The molecule has 0 N–H and O–H groups in total. The standard InChI is InChI=1S/C12H17NOS/c1-11-3-2-4-12(9-11)10-15-13-5-7-14-8-6-13/h2-4,9H,5-8,10H2,1H3. The molecule has 82 valence electrons. The molecule has 1 fully saturated rings. The van der Waals surface area contributed by atoms with Gasteiger partial charge in [0.25, 0.3) is 0 Å². The Balaban J connectivity index is 1.81. The lowest BCUT2D eigenvalue weighted by Crippen LogP contribution is -2.31. The number of aryl methyl sites for hydroxylation is 1. The van der Waals surface area contributed by atoms with Gasteiger partial charge in [0.05, 0.1) is 13.2 Å². The summed E-state index contributed by atoms with van der Waals surface area (Å²) in [6.45, 7) is 6.00. The van der Waals surface area contributed by atoms with E-state index in [-0.39, 0.29) is 0 Å². The van der Waals surface area contributed by atoms with E-state index in [1.54, 1.807) is 0 Å². The minimum absolute atomic E-state index is 0.876. The summed E-state index contributed by atoms with van der Waals surface area (Å²) in [5, 5.41) is 0. The maximum absolute atomic E-state index is 5.32. The van der Waals surface area contributed by atoms with E-state index in [2.05, 4.69) is 35.5 Å². The van der Waals surface area contributed by atoms with Crippen LogP contribution in [0.4, 0.5) is 0 Å². The van der Waals surface area contributed by atoms with Gasteiger partial charge in [-0.2, -0.15) is 0 Å². The molecular weight excluding hydrogens is 206 g/mol. The molecule has 1 aromatic rings. The van der Waals surface area contributed by atoms with Gasteiger partial charge in [0, 0.05) is 18.8 Å². The van der Waals surface area contributed by atoms with Crippen LogP contribution in [0.15, 0.2) is 24.3 Å². The van der Waals surface area contributed by atoms with Crippen molar-refractivity contribution in [3.63, 3.8) is 0 Å². The maximum atomic E-state index is 5.32. The number of rotatable bonds is 3. The summed E-state index contributed by atoms with van der Waals surface area (Å²) in [5.74, 6) is 1.07. The van der Waals surface area contributed by atoms with E-state index in [1.807, 2.05) is 11.9 Å². The Labute approximate surface area is 95.7 Å². The number of hydrogen-bond donors (Lipinski definition) is 0. The molecule has 0 spiro atoms. The number of nitrogens with zero attached hydrogens (tertiary/aromatic N) is 1. The van der Waals surface area contributed by atoms with Crippen molar-refractivity contribution in [2.24, 2.45) is 0 Å². The van der Waals surface area contributed by atoms with Gasteiger partial charge in [0.2, 0.25) is 0 Å². The molecule has 1 aromatic carbocycles. The summed E-state index contributed by atoms with van der Waals surface area (Å²) >= 11 is 1.91. The number of benzene rings is 1. The second-order valence-electron chi connectivity index (χ2n) is 3.80. The second kappa shape index (κ2) is 5.54. The summed E-state index contributed by atoms with van der Waals surface area (Å²) in [4.78, 5) is 0. The first-order chi connectivity index (χ1) is 7.34. The maximum Gasteiger partial charge on any atom is 0.0603 e. The van der Waals surface area contributed by atoms with Gasteiger partial charge in [0.1, 0.15) is 0 Å². The SMILES string of the molecule is Cc1cccc(CSN2CCOCC2)c1. The van der Waals surface area contributed by atoms with Crippen molar-refractivity contribution < 1.29 is 4.74 Å². The molecule has 1 aliphatic rings. The predicted molar refractivity (Wildman–Crippen MR) is 64.9 cm³/mol. The molecule has 0 unspecified atom stereocenters.